The van der Waals surface area contributed by atoms with E-state index in [-0.39, 0.29) is 5.69 Å². The minimum Gasteiger partial charge on any atom is -0.345 e. The first kappa shape index (κ1) is 18.3. The van der Waals surface area contributed by atoms with E-state index in [0.717, 1.165) is 20.6 Å². The van der Waals surface area contributed by atoms with E-state index in [1.54, 1.807) is 29.3 Å². The Morgan fingerprint density at radius 2 is 1.88 bits per heavy atom. The predicted octanol–water partition coefficient (Wildman–Crippen LogP) is 3.60. The van der Waals surface area contributed by atoms with Crippen molar-refractivity contribution >= 4 is 39.1 Å². The summed E-state index contributed by atoms with van der Waals surface area (Å²) < 4.78 is 2.45. The van der Waals surface area contributed by atoms with Crippen LogP contribution in [0, 0.1) is 13.8 Å². The Morgan fingerprint density at radius 1 is 1.15 bits per heavy atom. The SMILES string of the molecule is Cc1ccc(-c2nc(C(=O)NNC(=O)c3cc(Br)cn3C)cs2)c(C)c1. The normalized spacial score (nSPS) is 10.6. The molecule has 3 aromatic rings. The molecule has 134 valence electrons. The van der Waals surface area contributed by atoms with E-state index in [2.05, 4.69) is 37.8 Å². The van der Waals surface area contributed by atoms with Crippen LogP contribution >= 0.6 is 27.3 Å². The maximum Gasteiger partial charge on any atom is 0.289 e. The van der Waals surface area contributed by atoms with Gasteiger partial charge in [-0.2, -0.15) is 0 Å². The van der Waals surface area contributed by atoms with Gasteiger partial charge in [0.2, 0.25) is 0 Å². The van der Waals surface area contributed by atoms with Crippen molar-refractivity contribution in [3.8, 4) is 10.6 Å². The van der Waals surface area contributed by atoms with Gasteiger partial charge in [-0.1, -0.05) is 23.8 Å². The average molecular weight is 433 g/mol. The minimum absolute atomic E-state index is 0.262. The van der Waals surface area contributed by atoms with E-state index in [1.165, 1.54) is 16.9 Å². The van der Waals surface area contributed by atoms with E-state index in [9.17, 15) is 9.59 Å². The minimum atomic E-state index is -0.459. The van der Waals surface area contributed by atoms with Crippen molar-refractivity contribution < 1.29 is 9.59 Å². The van der Waals surface area contributed by atoms with Gasteiger partial charge in [-0.25, -0.2) is 4.98 Å². The number of hydrogen-bond donors (Lipinski definition) is 2. The van der Waals surface area contributed by atoms with Crippen molar-refractivity contribution in [2.75, 3.05) is 0 Å². The summed E-state index contributed by atoms with van der Waals surface area (Å²) in [5.41, 5.74) is 8.77. The molecule has 0 aliphatic heterocycles. The molecule has 6 nitrogen and oxygen atoms in total. The van der Waals surface area contributed by atoms with Gasteiger partial charge in [-0.15, -0.1) is 11.3 Å². The van der Waals surface area contributed by atoms with E-state index >= 15 is 0 Å². The molecule has 2 aromatic heterocycles. The number of nitrogens with zero attached hydrogens (tertiary/aromatic N) is 2. The van der Waals surface area contributed by atoms with Gasteiger partial charge < -0.3 is 4.57 Å². The molecule has 26 heavy (non-hydrogen) atoms. The molecule has 0 bridgehead atoms. The molecule has 0 radical (unpaired) electrons. The van der Waals surface area contributed by atoms with Gasteiger partial charge in [0.1, 0.15) is 16.4 Å². The highest BCUT2D eigenvalue weighted by Gasteiger charge is 2.16. The van der Waals surface area contributed by atoms with E-state index < -0.39 is 11.8 Å². The number of hydrazine groups is 1. The first-order chi connectivity index (χ1) is 12.3. The number of halogens is 1. The van der Waals surface area contributed by atoms with Gasteiger partial charge in [0.05, 0.1) is 0 Å². The van der Waals surface area contributed by atoms with Crippen LogP contribution < -0.4 is 10.9 Å². The van der Waals surface area contributed by atoms with Gasteiger partial charge in [0.25, 0.3) is 11.8 Å². The number of thiazole rings is 1. The number of rotatable bonds is 3. The third-order valence-electron chi connectivity index (χ3n) is 3.84. The summed E-state index contributed by atoms with van der Waals surface area (Å²) in [6.07, 6.45) is 1.76. The molecule has 1 aromatic carbocycles. The predicted molar refractivity (Wildman–Crippen MR) is 105 cm³/mol. The van der Waals surface area contributed by atoms with E-state index in [0.29, 0.717) is 5.69 Å². The van der Waals surface area contributed by atoms with Crippen LogP contribution in [0.5, 0.6) is 0 Å². The van der Waals surface area contributed by atoms with Crippen molar-refractivity contribution in [3.63, 3.8) is 0 Å². The highest BCUT2D eigenvalue weighted by atomic mass is 79.9. The highest BCUT2D eigenvalue weighted by Crippen LogP contribution is 2.27. The maximum atomic E-state index is 12.3. The second kappa shape index (κ2) is 7.43. The summed E-state index contributed by atoms with van der Waals surface area (Å²) in [7, 11) is 1.75. The molecule has 0 saturated heterocycles. The molecular formula is C18H17BrN4O2S. The van der Waals surface area contributed by atoms with Crippen LogP contribution in [-0.2, 0) is 7.05 Å². The third kappa shape index (κ3) is 3.86. The van der Waals surface area contributed by atoms with Crippen molar-refractivity contribution in [2.24, 2.45) is 7.05 Å². The molecule has 0 aliphatic carbocycles. The number of nitrogens with one attached hydrogen (secondary N) is 2. The molecule has 0 spiro atoms. The number of carbonyl (C=O) groups is 2. The van der Waals surface area contributed by atoms with Gasteiger partial charge in [-0.3, -0.25) is 20.4 Å². The highest BCUT2D eigenvalue weighted by molar-refractivity contribution is 9.10. The summed E-state index contributed by atoms with van der Waals surface area (Å²) in [5, 5.41) is 2.44. The lowest BCUT2D eigenvalue weighted by molar-refractivity contribution is 0.0840. The number of hydrogen-bond acceptors (Lipinski definition) is 4. The second-order valence-electron chi connectivity index (χ2n) is 5.92. The van der Waals surface area contributed by atoms with Crippen LogP contribution in [0.2, 0.25) is 0 Å². The van der Waals surface area contributed by atoms with Crippen molar-refractivity contribution in [3.05, 3.63) is 62.8 Å². The summed E-state index contributed by atoms with van der Waals surface area (Å²) in [6.45, 7) is 4.05. The van der Waals surface area contributed by atoms with Crippen LogP contribution in [0.1, 0.15) is 32.1 Å². The van der Waals surface area contributed by atoms with Gasteiger partial charge in [-0.05, 0) is 41.4 Å². The summed E-state index contributed by atoms with van der Waals surface area (Å²) in [6, 6.07) is 7.76. The maximum absolute atomic E-state index is 12.3. The molecular weight excluding hydrogens is 416 g/mol. The number of aromatic nitrogens is 2. The number of amides is 2. The topological polar surface area (TPSA) is 76.0 Å². The lowest BCUT2D eigenvalue weighted by Crippen LogP contribution is -2.42. The van der Waals surface area contributed by atoms with E-state index in [1.807, 2.05) is 26.0 Å². The fourth-order valence-electron chi connectivity index (χ4n) is 2.55. The number of carbonyl (C=O) groups excluding carboxylic acids is 2. The molecule has 8 heteroatoms. The molecule has 0 unspecified atom stereocenters. The molecule has 0 aliphatic rings. The lowest BCUT2D eigenvalue weighted by Gasteiger charge is -2.06. The van der Waals surface area contributed by atoms with Gasteiger partial charge >= 0.3 is 0 Å². The Kier molecular flexibility index (Phi) is 5.24. The first-order valence-electron chi connectivity index (χ1n) is 7.81. The van der Waals surface area contributed by atoms with Crippen molar-refractivity contribution in [1.29, 1.82) is 0 Å². The van der Waals surface area contributed by atoms with Gasteiger partial charge in [0, 0.05) is 28.7 Å². The largest absolute Gasteiger partial charge is 0.345 e. The standard InChI is InChI=1S/C18H17BrN4O2S/c1-10-4-5-13(11(2)6-10)18-20-14(9-26-18)16(24)21-22-17(25)15-7-12(19)8-23(15)3/h4-9H,1-3H3,(H,21,24)(H,22,25). The Bertz CT molecular complexity index is 993. The van der Waals surface area contributed by atoms with Crippen molar-refractivity contribution in [2.45, 2.75) is 13.8 Å². The summed E-state index contributed by atoms with van der Waals surface area (Å²) in [5.74, 6) is -0.865. The zero-order chi connectivity index (χ0) is 18.8. The third-order valence-corrected chi connectivity index (χ3v) is 5.15. The molecule has 0 saturated carbocycles. The Hall–Kier alpha value is -2.45. The smallest absolute Gasteiger partial charge is 0.289 e. The second-order valence-corrected chi connectivity index (χ2v) is 7.69. The quantitative estimate of drug-likeness (QED) is 0.620. The average Bonchev–Trinajstić information content (AvgIpc) is 3.19. The molecule has 2 N–H and O–H groups in total. The molecule has 0 atom stereocenters. The lowest BCUT2D eigenvalue weighted by atomic mass is 10.1. The summed E-state index contributed by atoms with van der Waals surface area (Å²) in [4.78, 5) is 28.8. The Balaban J connectivity index is 1.68. The van der Waals surface area contributed by atoms with E-state index in [4.69, 9.17) is 0 Å². The first-order valence-corrected chi connectivity index (χ1v) is 9.48. The van der Waals surface area contributed by atoms with Crippen LogP contribution in [0.3, 0.4) is 0 Å². The van der Waals surface area contributed by atoms with Crippen molar-refractivity contribution in [1.82, 2.24) is 20.4 Å². The summed E-state index contributed by atoms with van der Waals surface area (Å²) >= 11 is 4.70. The molecule has 2 amide bonds. The van der Waals surface area contributed by atoms with Crippen LogP contribution in [0.25, 0.3) is 10.6 Å². The fourth-order valence-corrected chi connectivity index (χ4v) is 3.96. The molecule has 2 heterocycles. The van der Waals surface area contributed by atoms with Crippen LogP contribution in [-0.4, -0.2) is 21.4 Å². The number of benzene rings is 1. The number of aryl methyl sites for hydroxylation is 3. The monoisotopic (exact) mass is 432 g/mol. The zero-order valence-corrected chi connectivity index (χ0v) is 16.9. The molecule has 0 fully saturated rings. The Morgan fingerprint density at radius 3 is 2.54 bits per heavy atom. The molecule has 3 rings (SSSR count). The van der Waals surface area contributed by atoms with Gasteiger partial charge in [0.15, 0.2) is 0 Å². The Labute approximate surface area is 163 Å². The van der Waals surface area contributed by atoms with Crippen LogP contribution in [0.15, 0.2) is 40.3 Å². The zero-order valence-electron chi connectivity index (χ0n) is 14.5. The van der Waals surface area contributed by atoms with Crippen LogP contribution in [0.4, 0.5) is 0 Å². The fraction of sp³-hybridized carbons (Fsp3) is 0.167.